The minimum Gasteiger partial charge on any atom is -0.771 e. The van der Waals surface area contributed by atoms with Crippen molar-refractivity contribution in [3.05, 3.63) is 53.3 Å². The quantitative estimate of drug-likeness (QED) is 0.00277. The van der Waals surface area contributed by atoms with Crippen LogP contribution in [0.3, 0.4) is 0 Å². The number of anilines is 7. The van der Waals surface area contributed by atoms with Crippen molar-refractivity contribution in [2.45, 2.75) is 16.2 Å². The summed E-state index contributed by atoms with van der Waals surface area (Å²) >= 11 is -1.96. The molecule has 28 nitrogen and oxygen atoms in total. The molecular weight excluding hydrogens is 1030 g/mol. The molecule has 8 N–H and O–H groups in total. The molecule has 1 unspecified atom stereocenters. The Morgan fingerprint density at radius 2 is 1.28 bits per heavy atom. The number of nitrogens with one attached hydrogen (secondary N) is 5. The van der Waals surface area contributed by atoms with Crippen molar-refractivity contribution in [1.29, 1.82) is 0 Å². The second kappa shape index (κ2) is 35.3. The Morgan fingerprint density at radius 1 is 0.735 bits per heavy atom. The van der Waals surface area contributed by atoms with Gasteiger partial charge in [0.25, 0.3) is 0 Å². The normalized spacial score (nSPS) is 11.6. The van der Waals surface area contributed by atoms with Gasteiger partial charge in [0.05, 0.1) is 42.2 Å². The monoisotopic (exact) mass is 1070 g/mol. The molecule has 0 amide bonds. The summed E-state index contributed by atoms with van der Waals surface area (Å²) in [5.74, 6) is -0.947. The van der Waals surface area contributed by atoms with Gasteiger partial charge in [0.2, 0.25) is 29.7 Å². The summed E-state index contributed by atoms with van der Waals surface area (Å²) in [6.45, 7) is -0.714. The first-order valence-electron chi connectivity index (χ1n) is 18.1. The van der Waals surface area contributed by atoms with Gasteiger partial charge in [-0.3, -0.25) is 14.6 Å². The molecule has 0 aliphatic heterocycles. The third-order valence-electron chi connectivity index (χ3n) is 7.67. The van der Waals surface area contributed by atoms with Gasteiger partial charge in [0.1, 0.15) is 39.6 Å². The van der Waals surface area contributed by atoms with E-state index in [0.717, 1.165) is 29.2 Å². The van der Waals surface area contributed by atoms with Gasteiger partial charge in [-0.25, -0.2) is 16.8 Å². The van der Waals surface area contributed by atoms with E-state index in [4.69, 9.17) is 19.7 Å². The minimum absolute atomic E-state index is 0. The molecule has 1 atom stereocenters. The molecule has 2 aromatic carbocycles. The van der Waals surface area contributed by atoms with E-state index in [2.05, 4.69) is 65.9 Å². The summed E-state index contributed by atoms with van der Waals surface area (Å²) in [6.07, 6.45) is 2.44. The SMILES string of the molecule is O=S([O-])CN(CO)c1nc(NCCOCCO)nc(Nc2ccc(C=Cc3ccc(Nc4nc(CCNCOCO)nc(NCCSOO[O-])n4)cc3S(=O)(=O)[O-])c(S(=O)(=O)[O-])c2)n1.[Na+].[Na+].[Na+].[Na+]. The van der Waals surface area contributed by atoms with Crippen LogP contribution in [0.2, 0.25) is 0 Å². The van der Waals surface area contributed by atoms with E-state index in [1.54, 1.807) is 0 Å². The van der Waals surface area contributed by atoms with Crippen molar-refractivity contribution in [2.24, 2.45) is 0 Å². The topological polar surface area (TPSA) is 416 Å². The average Bonchev–Trinajstić information content (AvgIpc) is 3.24. The summed E-state index contributed by atoms with van der Waals surface area (Å²) in [5, 5.41) is 54.9. The van der Waals surface area contributed by atoms with Gasteiger partial charge >= 0.3 is 118 Å². The molecule has 0 saturated heterocycles. The molecule has 68 heavy (non-hydrogen) atoms. The van der Waals surface area contributed by atoms with Crippen molar-refractivity contribution in [3.63, 3.8) is 0 Å². The Kier molecular flexibility index (Phi) is 34.8. The fourth-order valence-electron chi connectivity index (χ4n) is 5.02. The molecular formula is C32H40N12Na4O16S4. The number of hydrogen-bond acceptors (Lipinski definition) is 29. The molecule has 36 heteroatoms. The maximum Gasteiger partial charge on any atom is 1.00 e. The number of aliphatic hydroxyl groups is 3. The van der Waals surface area contributed by atoms with Gasteiger partial charge in [0, 0.05) is 55.2 Å². The summed E-state index contributed by atoms with van der Waals surface area (Å²) < 4.78 is 112. The Bertz CT molecular complexity index is 2400. The van der Waals surface area contributed by atoms with Crippen LogP contribution < -0.4 is 155 Å². The van der Waals surface area contributed by atoms with Gasteiger partial charge in [0.15, 0.2) is 0 Å². The third kappa shape index (κ3) is 24.2. The van der Waals surface area contributed by atoms with Gasteiger partial charge < -0.3 is 69.9 Å². The second-order valence-electron chi connectivity index (χ2n) is 12.2. The van der Waals surface area contributed by atoms with E-state index < -0.39 is 60.5 Å². The zero-order valence-electron chi connectivity index (χ0n) is 37.0. The van der Waals surface area contributed by atoms with Gasteiger partial charge in [-0.1, -0.05) is 24.3 Å². The van der Waals surface area contributed by atoms with Crippen LogP contribution >= 0.6 is 12.0 Å². The van der Waals surface area contributed by atoms with E-state index in [1.807, 2.05) is 0 Å². The average molecular weight is 1070 g/mol. The van der Waals surface area contributed by atoms with Gasteiger partial charge in [-0.15, -0.1) is 0 Å². The number of aromatic nitrogens is 6. The number of nitrogens with zero attached hydrogens (tertiary/aromatic N) is 7. The first-order chi connectivity index (χ1) is 30.6. The second-order valence-corrected chi connectivity index (χ2v) is 16.5. The van der Waals surface area contributed by atoms with Crippen LogP contribution in [-0.2, 0) is 56.6 Å². The number of hydrogen-bond donors (Lipinski definition) is 8. The molecule has 4 aromatic rings. The molecule has 0 aliphatic carbocycles. The summed E-state index contributed by atoms with van der Waals surface area (Å²) in [4.78, 5) is 24.6. The molecule has 0 spiro atoms. The molecule has 352 valence electrons. The zero-order chi connectivity index (χ0) is 46.5. The molecule has 0 radical (unpaired) electrons. The smallest absolute Gasteiger partial charge is 0.771 e. The molecule has 2 heterocycles. The first-order valence-corrected chi connectivity index (χ1v) is 23.1. The van der Waals surface area contributed by atoms with Gasteiger partial charge in [-0.2, -0.15) is 34.2 Å². The fraction of sp³-hybridized carbons (Fsp3) is 0.375. The maximum atomic E-state index is 12.5. The molecule has 0 saturated carbocycles. The van der Waals surface area contributed by atoms with Crippen LogP contribution in [-0.4, -0.2) is 151 Å². The predicted molar refractivity (Wildman–Crippen MR) is 222 cm³/mol. The third-order valence-corrected chi connectivity index (χ3v) is 10.5. The maximum absolute atomic E-state index is 12.5. The van der Waals surface area contributed by atoms with Crippen LogP contribution in [0.4, 0.5) is 41.1 Å². The van der Waals surface area contributed by atoms with E-state index in [0.29, 0.717) is 18.6 Å². The Hall–Kier alpha value is -0.880. The Morgan fingerprint density at radius 3 is 1.81 bits per heavy atom. The fourth-order valence-corrected chi connectivity index (χ4v) is 7.15. The molecule has 4 rings (SSSR count). The molecule has 0 aliphatic rings. The van der Waals surface area contributed by atoms with Crippen molar-refractivity contribution in [2.75, 3.05) is 97.5 Å². The Labute approximate surface area is 485 Å². The predicted octanol–water partition coefficient (Wildman–Crippen LogP) is -14.1. The van der Waals surface area contributed by atoms with Crippen molar-refractivity contribution < 1.29 is 192 Å². The minimum atomic E-state index is -5.24. The standard InChI is InChI=1S/C32H44N12O16S4.4Na/c45-11-13-57-12-9-34-29-41-31(43-32(42-29)44(18-46)19-62(49)50)37-24-6-4-22(26(16-24)64(54,55)56)2-1-21-3-5-23(15-25(21)63(51,52)53)36-30-39-27(7-8-33-17-58-20-47)38-28(40-30)35-10-14-61-60-59-48;;;;/h1-6,15-16,33,45-48H,7-14,17-20H2,(H,49,50)(H,51,52,53)(H,54,55,56)(H2,34,37,41,42,43)(H2,35,36,38,39,40);;;;/q;4*+1/p-4. The largest absolute Gasteiger partial charge is 1.00 e. The van der Waals surface area contributed by atoms with Crippen molar-refractivity contribution >= 4 is 96.6 Å². The first kappa shape index (κ1) is 67.1. The van der Waals surface area contributed by atoms with E-state index >= 15 is 0 Å². The number of ether oxygens (including phenoxy) is 2. The number of benzene rings is 2. The number of rotatable bonds is 30. The van der Waals surface area contributed by atoms with E-state index in [1.165, 1.54) is 24.3 Å². The number of aliphatic hydroxyl groups excluding tert-OH is 3. The zero-order valence-corrected chi connectivity index (χ0v) is 48.3. The molecule has 2 aromatic heterocycles. The van der Waals surface area contributed by atoms with Crippen molar-refractivity contribution in [3.8, 4) is 0 Å². The Balaban J connectivity index is 0.0000112. The summed E-state index contributed by atoms with van der Waals surface area (Å²) in [5.41, 5.74) is -0.433. The summed E-state index contributed by atoms with van der Waals surface area (Å²) in [6, 6.07) is 7.01. The van der Waals surface area contributed by atoms with E-state index in [9.17, 15) is 45.1 Å². The molecule has 0 bridgehead atoms. The van der Waals surface area contributed by atoms with Crippen LogP contribution in [0.25, 0.3) is 12.2 Å². The summed E-state index contributed by atoms with van der Waals surface area (Å²) in [7, 11) is -10.4. The van der Waals surface area contributed by atoms with Crippen molar-refractivity contribution in [1.82, 2.24) is 35.2 Å². The van der Waals surface area contributed by atoms with Gasteiger partial charge in [-0.05, 0) is 46.5 Å². The van der Waals surface area contributed by atoms with Crippen LogP contribution in [0.5, 0.6) is 0 Å². The molecule has 0 fully saturated rings. The van der Waals surface area contributed by atoms with Crippen LogP contribution in [0, 0.1) is 0 Å². The van der Waals surface area contributed by atoms with Crippen LogP contribution in [0.1, 0.15) is 17.0 Å². The van der Waals surface area contributed by atoms with Crippen LogP contribution in [0.15, 0.2) is 46.2 Å². The van der Waals surface area contributed by atoms with E-state index in [-0.39, 0.29) is 228 Å².